The fourth-order valence-corrected chi connectivity index (χ4v) is 3.68. The maximum atomic E-state index is 12.6. The predicted molar refractivity (Wildman–Crippen MR) is 98.3 cm³/mol. The number of piperazine rings is 1. The van der Waals surface area contributed by atoms with Crippen LogP contribution in [0.5, 0.6) is 0 Å². The van der Waals surface area contributed by atoms with Gasteiger partial charge in [-0.2, -0.15) is 0 Å². The molecule has 136 valence electrons. The molecule has 1 saturated carbocycles. The lowest BCUT2D eigenvalue weighted by atomic mass is 9.85. The number of aryl methyl sites for hydroxylation is 1. The highest BCUT2D eigenvalue weighted by molar-refractivity contribution is 5.89. The van der Waals surface area contributed by atoms with Gasteiger partial charge in [0.15, 0.2) is 0 Å². The van der Waals surface area contributed by atoms with E-state index in [1.54, 1.807) is 4.90 Å². The molecule has 6 heteroatoms. The quantitative estimate of drug-likeness (QED) is 0.863. The zero-order valence-corrected chi connectivity index (χ0v) is 14.9. The van der Waals surface area contributed by atoms with E-state index in [4.69, 9.17) is 5.73 Å². The van der Waals surface area contributed by atoms with E-state index >= 15 is 0 Å². The fourth-order valence-electron chi connectivity index (χ4n) is 3.68. The molecular weight excluding hydrogens is 316 g/mol. The van der Waals surface area contributed by atoms with Gasteiger partial charge in [0.1, 0.15) is 0 Å². The van der Waals surface area contributed by atoms with E-state index in [-0.39, 0.29) is 23.9 Å². The number of hydrogen-bond donors (Lipinski definition) is 2. The van der Waals surface area contributed by atoms with Crippen molar-refractivity contribution in [3.8, 4) is 0 Å². The molecule has 2 fully saturated rings. The molecule has 2 aliphatic rings. The van der Waals surface area contributed by atoms with E-state index in [0.29, 0.717) is 26.2 Å². The SMILES string of the molecule is Cc1cccc(NC(=O)N2CCN(C(=O)C3CCC(N)CC3)CC2)c1. The summed E-state index contributed by atoms with van der Waals surface area (Å²) in [6, 6.07) is 7.92. The van der Waals surface area contributed by atoms with E-state index < -0.39 is 0 Å². The standard InChI is InChI=1S/C19H28N4O2/c1-14-3-2-4-17(13-14)21-19(25)23-11-9-22(10-12-23)18(24)15-5-7-16(20)8-6-15/h2-4,13,15-16H,5-12,20H2,1H3,(H,21,25). The summed E-state index contributed by atoms with van der Waals surface area (Å²) in [5, 5.41) is 2.93. The molecule has 0 bridgehead atoms. The van der Waals surface area contributed by atoms with Crippen molar-refractivity contribution < 1.29 is 9.59 Å². The molecule has 3 rings (SSSR count). The first-order chi connectivity index (χ1) is 12.0. The van der Waals surface area contributed by atoms with E-state index in [1.165, 1.54) is 0 Å². The van der Waals surface area contributed by atoms with Crippen LogP contribution in [0.25, 0.3) is 0 Å². The van der Waals surface area contributed by atoms with Crippen molar-refractivity contribution in [2.45, 2.75) is 38.6 Å². The van der Waals surface area contributed by atoms with Crippen LogP contribution in [0, 0.1) is 12.8 Å². The minimum atomic E-state index is -0.0960. The monoisotopic (exact) mass is 344 g/mol. The van der Waals surface area contributed by atoms with Crippen molar-refractivity contribution in [1.29, 1.82) is 0 Å². The number of amides is 3. The lowest BCUT2D eigenvalue weighted by Gasteiger charge is -2.37. The Balaban J connectivity index is 1.48. The maximum absolute atomic E-state index is 12.6. The summed E-state index contributed by atoms with van der Waals surface area (Å²) in [5.41, 5.74) is 7.84. The van der Waals surface area contributed by atoms with Crippen LogP contribution in [0.3, 0.4) is 0 Å². The third kappa shape index (κ3) is 4.51. The van der Waals surface area contributed by atoms with Crippen LogP contribution in [-0.4, -0.2) is 54.0 Å². The Morgan fingerprint density at radius 3 is 2.32 bits per heavy atom. The highest BCUT2D eigenvalue weighted by atomic mass is 16.2. The number of carbonyl (C=O) groups is 2. The minimum Gasteiger partial charge on any atom is -0.339 e. The molecule has 0 radical (unpaired) electrons. The van der Waals surface area contributed by atoms with Gasteiger partial charge in [-0.05, 0) is 50.3 Å². The molecule has 25 heavy (non-hydrogen) atoms. The number of nitrogens with one attached hydrogen (secondary N) is 1. The number of nitrogens with zero attached hydrogens (tertiary/aromatic N) is 2. The van der Waals surface area contributed by atoms with Gasteiger partial charge in [-0.15, -0.1) is 0 Å². The largest absolute Gasteiger partial charge is 0.339 e. The second kappa shape index (κ2) is 7.87. The Morgan fingerprint density at radius 1 is 1.04 bits per heavy atom. The molecule has 1 saturated heterocycles. The van der Waals surface area contributed by atoms with Gasteiger partial charge < -0.3 is 20.9 Å². The number of urea groups is 1. The van der Waals surface area contributed by atoms with Crippen molar-refractivity contribution in [2.24, 2.45) is 11.7 Å². The fraction of sp³-hybridized carbons (Fsp3) is 0.579. The lowest BCUT2D eigenvalue weighted by Crippen LogP contribution is -2.53. The summed E-state index contributed by atoms with van der Waals surface area (Å²) in [6.07, 6.45) is 3.67. The molecule has 1 aliphatic heterocycles. The van der Waals surface area contributed by atoms with Gasteiger partial charge in [0, 0.05) is 43.8 Å². The van der Waals surface area contributed by atoms with Crippen molar-refractivity contribution >= 4 is 17.6 Å². The average molecular weight is 344 g/mol. The molecule has 3 N–H and O–H groups in total. The molecule has 0 atom stereocenters. The number of hydrogen-bond acceptors (Lipinski definition) is 3. The molecule has 1 aliphatic carbocycles. The van der Waals surface area contributed by atoms with Gasteiger partial charge in [-0.25, -0.2) is 4.79 Å². The van der Waals surface area contributed by atoms with Crippen molar-refractivity contribution in [2.75, 3.05) is 31.5 Å². The van der Waals surface area contributed by atoms with Crippen LogP contribution in [0.1, 0.15) is 31.2 Å². The zero-order valence-electron chi connectivity index (χ0n) is 14.9. The lowest BCUT2D eigenvalue weighted by molar-refractivity contribution is -0.138. The molecular formula is C19H28N4O2. The molecule has 3 amide bonds. The van der Waals surface area contributed by atoms with Crippen LogP contribution in [-0.2, 0) is 4.79 Å². The number of nitrogens with two attached hydrogens (primary N) is 1. The number of benzene rings is 1. The summed E-state index contributed by atoms with van der Waals surface area (Å²) < 4.78 is 0. The first-order valence-electron chi connectivity index (χ1n) is 9.20. The van der Waals surface area contributed by atoms with E-state index in [2.05, 4.69) is 5.32 Å². The Kier molecular flexibility index (Phi) is 5.58. The third-order valence-electron chi connectivity index (χ3n) is 5.27. The maximum Gasteiger partial charge on any atom is 0.321 e. The normalized spacial score (nSPS) is 24.1. The average Bonchev–Trinajstić information content (AvgIpc) is 2.62. The Bertz CT molecular complexity index is 618. The summed E-state index contributed by atoms with van der Waals surface area (Å²) >= 11 is 0. The van der Waals surface area contributed by atoms with Gasteiger partial charge in [0.25, 0.3) is 0 Å². The van der Waals surface area contributed by atoms with Crippen molar-refractivity contribution in [1.82, 2.24) is 9.80 Å². The number of rotatable bonds is 2. The highest BCUT2D eigenvalue weighted by Crippen LogP contribution is 2.25. The Hall–Kier alpha value is -2.08. The summed E-state index contributed by atoms with van der Waals surface area (Å²) in [7, 11) is 0. The van der Waals surface area contributed by atoms with Crippen molar-refractivity contribution in [3.63, 3.8) is 0 Å². The molecule has 0 spiro atoms. The smallest absolute Gasteiger partial charge is 0.321 e. The van der Waals surface area contributed by atoms with Gasteiger partial charge in [-0.3, -0.25) is 4.79 Å². The van der Waals surface area contributed by atoms with Crippen LogP contribution in [0.2, 0.25) is 0 Å². The molecule has 6 nitrogen and oxygen atoms in total. The van der Waals surface area contributed by atoms with Gasteiger partial charge in [0.2, 0.25) is 5.91 Å². The van der Waals surface area contributed by atoms with E-state index in [0.717, 1.165) is 36.9 Å². The molecule has 0 unspecified atom stereocenters. The number of carbonyl (C=O) groups excluding carboxylic acids is 2. The van der Waals surface area contributed by atoms with Crippen LogP contribution in [0.4, 0.5) is 10.5 Å². The van der Waals surface area contributed by atoms with Crippen molar-refractivity contribution in [3.05, 3.63) is 29.8 Å². The topological polar surface area (TPSA) is 78.7 Å². The third-order valence-corrected chi connectivity index (χ3v) is 5.27. The molecule has 0 aromatic heterocycles. The number of anilines is 1. The predicted octanol–water partition coefficient (Wildman–Crippen LogP) is 2.19. The minimum absolute atomic E-state index is 0.0960. The summed E-state index contributed by atoms with van der Waals surface area (Å²) in [4.78, 5) is 28.7. The van der Waals surface area contributed by atoms with Crippen LogP contribution < -0.4 is 11.1 Å². The van der Waals surface area contributed by atoms with Gasteiger partial charge in [0.05, 0.1) is 0 Å². The second-order valence-electron chi connectivity index (χ2n) is 7.22. The van der Waals surface area contributed by atoms with Gasteiger partial charge in [-0.1, -0.05) is 12.1 Å². The molecule has 1 aromatic carbocycles. The van der Waals surface area contributed by atoms with E-state index in [1.807, 2.05) is 36.1 Å². The second-order valence-corrected chi connectivity index (χ2v) is 7.22. The van der Waals surface area contributed by atoms with E-state index in [9.17, 15) is 9.59 Å². The molecule has 1 heterocycles. The zero-order chi connectivity index (χ0) is 17.8. The Labute approximate surface area is 149 Å². The van der Waals surface area contributed by atoms with Crippen LogP contribution in [0.15, 0.2) is 24.3 Å². The highest BCUT2D eigenvalue weighted by Gasteiger charge is 2.31. The van der Waals surface area contributed by atoms with Crippen LogP contribution >= 0.6 is 0 Å². The first kappa shape index (κ1) is 17.7. The summed E-state index contributed by atoms with van der Waals surface area (Å²) in [5.74, 6) is 0.359. The first-order valence-corrected chi connectivity index (χ1v) is 9.20. The summed E-state index contributed by atoms with van der Waals surface area (Å²) in [6.45, 7) is 4.38. The Morgan fingerprint density at radius 2 is 1.68 bits per heavy atom. The van der Waals surface area contributed by atoms with Gasteiger partial charge >= 0.3 is 6.03 Å². The molecule has 1 aromatic rings.